The molecule has 5 nitrogen and oxygen atoms in total. The molecule has 1 aromatic rings. The maximum atomic E-state index is 12.3. The van der Waals surface area contributed by atoms with Gasteiger partial charge in [-0.3, -0.25) is 4.98 Å². The molecule has 108 valence electrons. The van der Waals surface area contributed by atoms with Crippen molar-refractivity contribution in [1.29, 1.82) is 0 Å². The minimum atomic E-state index is 0.00479. The van der Waals surface area contributed by atoms with Crippen LogP contribution in [0.4, 0.5) is 4.79 Å². The zero-order valence-electron chi connectivity index (χ0n) is 11.2. The van der Waals surface area contributed by atoms with E-state index in [0.29, 0.717) is 32.2 Å². The van der Waals surface area contributed by atoms with Crippen LogP contribution in [0, 0.1) is 5.92 Å². The van der Waals surface area contributed by atoms with E-state index in [4.69, 9.17) is 4.74 Å². The first-order valence-electron chi connectivity index (χ1n) is 6.97. The average molecular weight is 340 g/mol. The first kappa shape index (κ1) is 13.8. The van der Waals surface area contributed by atoms with E-state index in [2.05, 4.69) is 26.2 Å². The summed E-state index contributed by atoms with van der Waals surface area (Å²) in [6.07, 6.45) is 5.94. The van der Waals surface area contributed by atoms with Gasteiger partial charge in [0.15, 0.2) is 0 Å². The monoisotopic (exact) mass is 339 g/mol. The van der Waals surface area contributed by atoms with Gasteiger partial charge >= 0.3 is 6.03 Å². The van der Waals surface area contributed by atoms with Gasteiger partial charge in [-0.15, -0.1) is 0 Å². The van der Waals surface area contributed by atoms with Gasteiger partial charge in [0.25, 0.3) is 0 Å². The molecular weight excluding hydrogens is 322 g/mol. The van der Waals surface area contributed by atoms with Crippen molar-refractivity contribution in [1.82, 2.24) is 15.2 Å². The molecule has 1 saturated carbocycles. The van der Waals surface area contributed by atoms with Gasteiger partial charge in [-0.05, 0) is 46.3 Å². The van der Waals surface area contributed by atoms with Crippen molar-refractivity contribution >= 4 is 22.0 Å². The number of ether oxygens (including phenoxy) is 1. The zero-order valence-corrected chi connectivity index (χ0v) is 12.8. The van der Waals surface area contributed by atoms with Crippen molar-refractivity contribution in [2.24, 2.45) is 5.92 Å². The Hall–Kier alpha value is -1.14. The fourth-order valence-electron chi connectivity index (χ4n) is 2.49. The number of nitrogens with zero attached hydrogens (tertiary/aromatic N) is 2. The Bertz CT molecular complexity index is 487. The number of morpholine rings is 1. The van der Waals surface area contributed by atoms with Crippen LogP contribution in [0.15, 0.2) is 22.9 Å². The van der Waals surface area contributed by atoms with Gasteiger partial charge in [-0.25, -0.2) is 4.79 Å². The number of rotatable bonds is 3. The van der Waals surface area contributed by atoms with Crippen molar-refractivity contribution in [3.63, 3.8) is 0 Å². The summed E-state index contributed by atoms with van der Waals surface area (Å²) in [5.74, 6) is 0.538. The summed E-state index contributed by atoms with van der Waals surface area (Å²) < 4.78 is 6.22. The first-order chi connectivity index (χ1) is 9.74. The lowest BCUT2D eigenvalue weighted by molar-refractivity contribution is 0.0523. The molecule has 1 N–H and O–H groups in total. The number of nitrogens with one attached hydrogen (secondary N) is 1. The van der Waals surface area contributed by atoms with E-state index in [1.54, 1.807) is 6.20 Å². The van der Waals surface area contributed by atoms with Crippen LogP contribution in [0.25, 0.3) is 0 Å². The molecule has 0 radical (unpaired) electrons. The normalized spacial score (nSPS) is 20.6. The second-order valence-corrected chi connectivity index (χ2v) is 6.22. The molecule has 2 fully saturated rings. The minimum Gasteiger partial charge on any atom is -0.378 e. The number of hydrogen-bond acceptors (Lipinski definition) is 3. The summed E-state index contributed by atoms with van der Waals surface area (Å²) in [6.45, 7) is 2.58. The molecule has 3 rings (SSSR count). The Morgan fingerprint density at radius 1 is 1.40 bits per heavy atom. The minimum absolute atomic E-state index is 0.00479. The molecule has 1 atom stereocenters. The van der Waals surface area contributed by atoms with Crippen molar-refractivity contribution in [2.45, 2.75) is 18.9 Å². The van der Waals surface area contributed by atoms with Crippen molar-refractivity contribution in [3.05, 3.63) is 28.5 Å². The third kappa shape index (κ3) is 3.30. The number of halogens is 1. The standard InChI is InChI=1S/C14H18BrN3O2/c15-12-7-11(8-16-9-12)13(10-1-2-10)17-14(19)18-3-5-20-6-4-18/h7-10,13H,1-6H2,(H,17,19). The number of urea groups is 1. The summed E-state index contributed by atoms with van der Waals surface area (Å²) in [5.41, 5.74) is 1.07. The second kappa shape index (κ2) is 6.10. The number of aromatic nitrogens is 1. The van der Waals surface area contributed by atoms with Gasteiger partial charge < -0.3 is 15.0 Å². The molecular formula is C14H18BrN3O2. The van der Waals surface area contributed by atoms with Crippen molar-refractivity contribution in [2.75, 3.05) is 26.3 Å². The molecule has 1 aliphatic carbocycles. The van der Waals surface area contributed by atoms with Gasteiger partial charge in [-0.1, -0.05) is 0 Å². The molecule has 20 heavy (non-hydrogen) atoms. The van der Waals surface area contributed by atoms with Crippen molar-refractivity contribution in [3.8, 4) is 0 Å². The smallest absolute Gasteiger partial charge is 0.318 e. The van der Waals surface area contributed by atoms with E-state index in [1.807, 2.05) is 17.2 Å². The summed E-state index contributed by atoms with van der Waals surface area (Å²) in [6, 6.07) is 2.11. The molecule has 0 bridgehead atoms. The number of pyridine rings is 1. The number of amides is 2. The fraction of sp³-hybridized carbons (Fsp3) is 0.571. The molecule has 1 saturated heterocycles. The number of carbonyl (C=O) groups excluding carboxylic acids is 1. The highest BCUT2D eigenvalue weighted by molar-refractivity contribution is 9.10. The average Bonchev–Trinajstić information content (AvgIpc) is 3.30. The van der Waals surface area contributed by atoms with Gasteiger partial charge in [0.2, 0.25) is 0 Å². The Labute approximate surface area is 126 Å². The maximum Gasteiger partial charge on any atom is 0.318 e. The summed E-state index contributed by atoms with van der Waals surface area (Å²) in [4.78, 5) is 18.4. The van der Waals surface area contributed by atoms with Crippen LogP contribution in [-0.4, -0.2) is 42.2 Å². The zero-order chi connectivity index (χ0) is 13.9. The summed E-state index contributed by atoms with van der Waals surface area (Å²) in [7, 11) is 0. The van der Waals surface area contributed by atoms with E-state index >= 15 is 0 Å². The van der Waals surface area contributed by atoms with E-state index in [-0.39, 0.29) is 12.1 Å². The number of hydrogen-bond donors (Lipinski definition) is 1. The van der Waals surface area contributed by atoms with Crippen LogP contribution in [0.5, 0.6) is 0 Å². The Kier molecular flexibility index (Phi) is 4.21. The molecule has 1 unspecified atom stereocenters. The third-order valence-electron chi connectivity index (χ3n) is 3.76. The maximum absolute atomic E-state index is 12.3. The van der Waals surface area contributed by atoms with Gasteiger partial charge in [0.1, 0.15) is 0 Å². The molecule has 0 aromatic carbocycles. The molecule has 1 aromatic heterocycles. The fourth-order valence-corrected chi connectivity index (χ4v) is 2.87. The Morgan fingerprint density at radius 3 is 2.80 bits per heavy atom. The van der Waals surface area contributed by atoms with Crippen LogP contribution in [-0.2, 0) is 4.74 Å². The SMILES string of the molecule is O=C(NC(c1cncc(Br)c1)C1CC1)N1CCOCC1. The molecule has 2 heterocycles. The Balaban J connectivity index is 1.69. The summed E-state index contributed by atoms with van der Waals surface area (Å²) in [5, 5.41) is 3.16. The molecule has 0 spiro atoms. The lowest BCUT2D eigenvalue weighted by atomic mass is 10.0. The highest BCUT2D eigenvalue weighted by Crippen LogP contribution is 2.41. The van der Waals surface area contributed by atoms with Gasteiger partial charge in [-0.2, -0.15) is 0 Å². The Morgan fingerprint density at radius 2 is 2.15 bits per heavy atom. The largest absolute Gasteiger partial charge is 0.378 e. The quantitative estimate of drug-likeness (QED) is 0.919. The molecule has 1 aliphatic heterocycles. The third-order valence-corrected chi connectivity index (χ3v) is 4.19. The topological polar surface area (TPSA) is 54.5 Å². The van der Waals surface area contributed by atoms with Gasteiger partial charge in [0, 0.05) is 30.0 Å². The lowest BCUT2D eigenvalue weighted by Gasteiger charge is -2.29. The van der Waals surface area contributed by atoms with Crippen LogP contribution < -0.4 is 5.32 Å². The predicted octanol–water partition coefficient (Wildman–Crippen LogP) is 2.34. The molecule has 2 aliphatic rings. The highest BCUT2D eigenvalue weighted by atomic mass is 79.9. The van der Waals surface area contributed by atoms with Crippen LogP contribution in [0.3, 0.4) is 0 Å². The van der Waals surface area contributed by atoms with E-state index in [1.165, 1.54) is 12.8 Å². The van der Waals surface area contributed by atoms with Crippen LogP contribution in [0.2, 0.25) is 0 Å². The molecule has 6 heteroatoms. The predicted molar refractivity (Wildman–Crippen MR) is 78.3 cm³/mol. The molecule has 2 amide bonds. The first-order valence-corrected chi connectivity index (χ1v) is 7.77. The van der Waals surface area contributed by atoms with Crippen LogP contribution in [0.1, 0.15) is 24.4 Å². The second-order valence-electron chi connectivity index (χ2n) is 5.30. The number of carbonyl (C=O) groups is 1. The lowest BCUT2D eigenvalue weighted by Crippen LogP contribution is -2.47. The van der Waals surface area contributed by atoms with Crippen LogP contribution >= 0.6 is 15.9 Å². The van der Waals surface area contributed by atoms with E-state index < -0.39 is 0 Å². The van der Waals surface area contributed by atoms with E-state index in [0.717, 1.165) is 10.0 Å². The van der Waals surface area contributed by atoms with E-state index in [9.17, 15) is 4.79 Å². The van der Waals surface area contributed by atoms with Gasteiger partial charge in [0.05, 0.1) is 19.3 Å². The van der Waals surface area contributed by atoms with Crippen molar-refractivity contribution < 1.29 is 9.53 Å². The summed E-state index contributed by atoms with van der Waals surface area (Å²) >= 11 is 3.44. The highest BCUT2D eigenvalue weighted by Gasteiger charge is 2.34.